The van der Waals surface area contributed by atoms with Gasteiger partial charge >= 0.3 is 0 Å². The average molecular weight is 457 g/mol. The third-order valence-corrected chi connectivity index (χ3v) is 6.34. The molecule has 0 unspecified atom stereocenters. The molecule has 0 aliphatic carbocycles. The van der Waals surface area contributed by atoms with Gasteiger partial charge in [-0.1, -0.05) is 17.7 Å². The van der Waals surface area contributed by atoms with Gasteiger partial charge in [0.1, 0.15) is 5.82 Å². The highest BCUT2D eigenvalue weighted by Crippen LogP contribution is 2.19. The fourth-order valence-electron chi connectivity index (χ4n) is 3.12. The van der Waals surface area contributed by atoms with E-state index >= 15 is 0 Å². The number of nitrogens with zero attached hydrogens (tertiary/aromatic N) is 2. The number of benzene rings is 2. The predicted octanol–water partition coefficient (Wildman–Crippen LogP) is 3.04. The Labute approximate surface area is 187 Å². The fourth-order valence-corrected chi connectivity index (χ4v) is 4.15. The molecule has 168 valence electrons. The first-order chi connectivity index (χ1) is 15.2. The maximum Gasteiger partial charge on any atom is 0.244 e. The molecule has 2 aromatic carbocycles. The quantitative estimate of drug-likeness (QED) is 0.403. The van der Waals surface area contributed by atoms with E-state index in [0.717, 1.165) is 28.2 Å². The number of amides is 1. The Bertz CT molecular complexity index is 1230. The third kappa shape index (κ3) is 5.68. The van der Waals surface area contributed by atoms with Gasteiger partial charge in [0.2, 0.25) is 15.9 Å². The van der Waals surface area contributed by atoms with Crippen LogP contribution >= 0.6 is 0 Å². The standard InChI is InChI=1S/C23H25FN4O3S/c1-16-4-10-21(11-5-16)32(30,31)26-15-14-25-23(29)13-12-22-17(2)27-28(18(22)3)20-8-6-19(24)7-9-20/h4-13,26H,14-15H2,1-3H3,(H,25,29). The molecule has 0 bridgehead atoms. The number of aromatic nitrogens is 2. The van der Waals surface area contributed by atoms with Crippen LogP contribution in [0.3, 0.4) is 0 Å². The molecular formula is C23H25FN4O3S. The Morgan fingerprint density at radius 3 is 2.34 bits per heavy atom. The minimum absolute atomic E-state index is 0.0658. The molecule has 0 radical (unpaired) electrons. The van der Waals surface area contributed by atoms with Crippen LogP contribution in [0.2, 0.25) is 0 Å². The zero-order valence-electron chi connectivity index (χ0n) is 18.1. The van der Waals surface area contributed by atoms with Crippen LogP contribution < -0.4 is 10.0 Å². The second-order valence-corrected chi connectivity index (χ2v) is 9.07. The van der Waals surface area contributed by atoms with Crippen molar-refractivity contribution in [2.24, 2.45) is 0 Å². The Morgan fingerprint density at radius 1 is 1.03 bits per heavy atom. The Morgan fingerprint density at radius 2 is 1.69 bits per heavy atom. The van der Waals surface area contributed by atoms with Crippen LogP contribution in [-0.4, -0.2) is 37.2 Å². The van der Waals surface area contributed by atoms with Crippen LogP contribution in [0.1, 0.15) is 22.5 Å². The summed E-state index contributed by atoms with van der Waals surface area (Å²) < 4.78 is 41.8. The van der Waals surface area contributed by atoms with Crippen molar-refractivity contribution in [3.63, 3.8) is 0 Å². The van der Waals surface area contributed by atoms with Gasteiger partial charge in [-0.05, 0) is 63.2 Å². The maximum atomic E-state index is 13.2. The number of hydrogen-bond donors (Lipinski definition) is 2. The molecule has 1 heterocycles. The van der Waals surface area contributed by atoms with Crippen molar-refractivity contribution < 1.29 is 17.6 Å². The second-order valence-electron chi connectivity index (χ2n) is 7.31. The molecule has 9 heteroatoms. The molecule has 2 N–H and O–H groups in total. The highest BCUT2D eigenvalue weighted by atomic mass is 32.2. The molecule has 7 nitrogen and oxygen atoms in total. The number of carbonyl (C=O) groups excluding carboxylic acids is 1. The average Bonchev–Trinajstić information content (AvgIpc) is 3.04. The number of nitrogens with one attached hydrogen (secondary N) is 2. The lowest BCUT2D eigenvalue weighted by atomic mass is 10.2. The zero-order chi connectivity index (χ0) is 23.3. The molecule has 0 atom stereocenters. The van der Waals surface area contributed by atoms with Crippen LogP contribution in [0.4, 0.5) is 4.39 Å². The van der Waals surface area contributed by atoms with Gasteiger partial charge in [-0.2, -0.15) is 5.10 Å². The van der Waals surface area contributed by atoms with E-state index in [1.165, 1.54) is 30.3 Å². The van der Waals surface area contributed by atoms with E-state index in [9.17, 15) is 17.6 Å². The van der Waals surface area contributed by atoms with Crippen molar-refractivity contribution in [2.75, 3.05) is 13.1 Å². The number of sulfonamides is 1. The smallest absolute Gasteiger partial charge is 0.244 e. The summed E-state index contributed by atoms with van der Waals surface area (Å²) in [5.41, 5.74) is 4.00. The lowest BCUT2D eigenvalue weighted by molar-refractivity contribution is -0.116. The van der Waals surface area contributed by atoms with Crippen LogP contribution in [0, 0.1) is 26.6 Å². The molecule has 0 saturated carbocycles. The van der Waals surface area contributed by atoms with Crippen LogP contribution in [-0.2, 0) is 14.8 Å². The van der Waals surface area contributed by atoms with Crippen molar-refractivity contribution >= 4 is 22.0 Å². The van der Waals surface area contributed by atoms with Crippen LogP contribution in [0.15, 0.2) is 59.5 Å². The highest BCUT2D eigenvalue weighted by Gasteiger charge is 2.13. The molecule has 0 aliphatic rings. The normalized spacial score (nSPS) is 11.8. The summed E-state index contributed by atoms with van der Waals surface area (Å²) in [5.74, 6) is -0.680. The molecule has 1 amide bonds. The first kappa shape index (κ1) is 23.4. The molecule has 3 aromatic rings. The van der Waals surface area contributed by atoms with Crippen molar-refractivity contribution in [2.45, 2.75) is 25.7 Å². The van der Waals surface area contributed by atoms with Gasteiger partial charge in [0.15, 0.2) is 0 Å². The summed E-state index contributed by atoms with van der Waals surface area (Å²) in [4.78, 5) is 12.3. The Kier molecular flexibility index (Phi) is 7.22. The Balaban J connectivity index is 1.55. The molecule has 0 aliphatic heterocycles. The minimum atomic E-state index is -3.62. The van der Waals surface area contributed by atoms with Gasteiger partial charge in [-0.3, -0.25) is 4.79 Å². The third-order valence-electron chi connectivity index (χ3n) is 4.87. The van der Waals surface area contributed by atoms with E-state index in [4.69, 9.17) is 0 Å². The summed E-state index contributed by atoms with van der Waals surface area (Å²) in [7, 11) is -3.62. The SMILES string of the molecule is Cc1ccc(S(=O)(=O)NCCNC(=O)C=Cc2c(C)nn(-c3ccc(F)cc3)c2C)cc1. The minimum Gasteiger partial charge on any atom is -0.351 e. The predicted molar refractivity (Wildman–Crippen MR) is 121 cm³/mol. The van der Waals surface area contributed by atoms with Crippen molar-refractivity contribution in [3.8, 4) is 5.69 Å². The van der Waals surface area contributed by atoms with Gasteiger partial charge in [-0.25, -0.2) is 22.2 Å². The van der Waals surface area contributed by atoms with Gasteiger partial charge in [-0.15, -0.1) is 0 Å². The topological polar surface area (TPSA) is 93.1 Å². The highest BCUT2D eigenvalue weighted by molar-refractivity contribution is 7.89. The van der Waals surface area contributed by atoms with E-state index in [0.29, 0.717) is 0 Å². The molecule has 0 spiro atoms. The van der Waals surface area contributed by atoms with Crippen LogP contribution in [0.25, 0.3) is 11.8 Å². The van der Waals surface area contributed by atoms with E-state index in [1.54, 1.807) is 35.0 Å². The number of carbonyl (C=O) groups is 1. The monoisotopic (exact) mass is 456 g/mol. The summed E-state index contributed by atoms with van der Waals surface area (Å²) in [6, 6.07) is 12.5. The van der Waals surface area contributed by atoms with Crippen LogP contribution in [0.5, 0.6) is 0 Å². The summed E-state index contributed by atoms with van der Waals surface area (Å²) >= 11 is 0. The Hall–Kier alpha value is -3.30. The largest absolute Gasteiger partial charge is 0.351 e. The van der Waals surface area contributed by atoms with E-state index < -0.39 is 10.0 Å². The maximum absolute atomic E-state index is 13.2. The summed E-state index contributed by atoms with van der Waals surface area (Å²) in [6.07, 6.45) is 3.03. The van der Waals surface area contributed by atoms with Gasteiger partial charge < -0.3 is 5.32 Å². The zero-order valence-corrected chi connectivity index (χ0v) is 18.9. The number of hydrogen-bond acceptors (Lipinski definition) is 4. The molecule has 0 saturated heterocycles. The van der Waals surface area contributed by atoms with Crippen molar-refractivity contribution in [1.29, 1.82) is 0 Å². The van der Waals surface area contributed by atoms with E-state index in [2.05, 4.69) is 15.1 Å². The summed E-state index contributed by atoms with van der Waals surface area (Å²) in [6.45, 7) is 5.77. The first-order valence-corrected chi connectivity index (χ1v) is 11.5. The van der Waals surface area contributed by atoms with E-state index in [1.807, 2.05) is 20.8 Å². The molecular weight excluding hydrogens is 431 g/mol. The molecule has 3 rings (SSSR count). The fraction of sp³-hybridized carbons (Fsp3) is 0.217. The van der Waals surface area contributed by atoms with Crippen molar-refractivity contribution in [3.05, 3.63) is 82.9 Å². The number of aryl methyl sites for hydroxylation is 2. The lowest BCUT2D eigenvalue weighted by Gasteiger charge is -2.07. The van der Waals surface area contributed by atoms with Gasteiger partial charge in [0.05, 0.1) is 16.3 Å². The van der Waals surface area contributed by atoms with Crippen molar-refractivity contribution in [1.82, 2.24) is 19.8 Å². The van der Waals surface area contributed by atoms with Gasteiger partial charge in [0, 0.05) is 30.4 Å². The second kappa shape index (κ2) is 9.88. The number of halogens is 1. The molecule has 32 heavy (non-hydrogen) atoms. The number of rotatable bonds is 8. The summed E-state index contributed by atoms with van der Waals surface area (Å²) in [5, 5.41) is 7.11. The molecule has 1 aromatic heterocycles. The first-order valence-electron chi connectivity index (χ1n) is 10.0. The molecule has 0 fully saturated rings. The van der Waals surface area contributed by atoms with E-state index in [-0.39, 0.29) is 29.7 Å². The van der Waals surface area contributed by atoms with Gasteiger partial charge in [0.25, 0.3) is 0 Å². The lowest BCUT2D eigenvalue weighted by Crippen LogP contribution is -2.34.